The van der Waals surface area contributed by atoms with Crippen LogP contribution >= 0.6 is 0 Å². The fourth-order valence-corrected chi connectivity index (χ4v) is 3.90. The number of nitrogens with one attached hydrogen (secondary N) is 1. The van der Waals surface area contributed by atoms with Crippen LogP contribution in [0.5, 0.6) is 17.2 Å². The van der Waals surface area contributed by atoms with Crippen LogP contribution in [0.1, 0.15) is 29.3 Å². The summed E-state index contributed by atoms with van der Waals surface area (Å²) in [6.07, 6.45) is 10.5. The van der Waals surface area contributed by atoms with E-state index in [0.717, 1.165) is 28.1 Å². The largest absolute Gasteiger partial charge is 0.508 e. The molecule has 158 valence electrons. The van der Waals surface area contributed by atoms with Crippen LogP contribution in [0.2, 0.25) is 0 Å². The molecule has 3 N–H and O–H groups in total. The van der Waals surface area contributed by atoms with Crippen LogP contribution in [0.25, 0.3) is 16.8 Å². The molecule has 0 saturated carbocycles. The molecular formula is C26H26N2O3. The molecule has 2 aromatic carbocycles. The van der Waals surface area contributed by atoms with Gasteiger partial charge in [-0.05, 0) is 55.7 Å². The van der Waals surface area contributed by atoms with Gasteiger partial charge < -0.3 is 14.9 Å². The first kappa shape index (κ1) is 20.5. The lowest BCUT2D eigenvalue weighted by Crippen LogP contribution is -2.15. The Morgan fingerprint density at radius 3 is 2.61 bits per heavy atom. The first-order chi connectivity index (χ1) is 14.8. The number of phenols is 2. The monoisotopic (exact) mass is 414 g/mol. The Hall–Kier alpha value is -3.73. The molecule has 0 spiro atoms. The summed E-state index contributed by atoms with van der Waals surface area (Å²) in [6, 6.07) is 11.2. The Kier molecular flexibility index (Phi) is 5.19. The second-order valence-corrected chi connectivity index (χ2v) is 8.06. The number of rotatable bonds is 4. The van der Waals surface area contributed by atoms with Crippen LogP contribution in [0, 0.1) is 13.8 Å². The number of ether oxygens (including phenoxy) is 1. The van der Waals surface area contributed by atoms with E-state index in [1.54, 1.807) is 20.1 Å². The lowest BCUT2D eigenvalue weighted by molar-refractivity contribution is 0.413. The van der Waals surface area contributed by atoms with Crippen molar-refractivity contribution < 1.29 is 14.9 Å². The fourth-order valence-electron chi connectivity index (χ4n) is 3.90. The predicted octanol–water partition coefficient (Wildman–Crippen LogP) is 5.58. The van der Waals surface area contributed by atoms with Gasteiger partial charge in [0, 0.05) is 28.3 Å². The summed E-state index contributed by atoms with van der Waals surface area (Å²) in [5, 5.41) is 27.9. The first-order valence-corrected chi connectivity index (χ1v) is 10.1. The highest BCUT2D eigenvalue weighted by Crippen LogP contribution is 2.40. The Morgan fingerprint density at radius 1 is 1.03 bits per heavy atom. The van der Waals surface area contributed by atoms with Gasteiger partial charge in [-0.25, -0.2) is 0 Å². The van der Waals surface area contributed by atoms with Crippen LogP contribution in [0.4, 0.5) is 0 Å². The highest BCUT2D eigenvalue weighted by Gasteiger charge is 2.24. The van der Waals surface area contributed by atoms with Gasteiger partial charge in [-0.2, -0.15) is 5.10 Å². The summed E-state index contributed by atoms with van der Waals surface area (Å²) in [4.78, 5) is 0. The van der Waals surface area contributed by atoms with Gasteiger partial charge in [-0.15, -0.1) is 0 Å². The van der Waals surface area contributed by atoms with E-state index in [1.807, 2.05) is 37.3 Å². The van der Waals surface area contributed by atoms with E-state index in [-0.39, 0.29) is 16.9 Å². The number of nitrogens with zero attached hydrogens (tertiary/aromatic N) is 1. The van der Waals surface area contributed by atoms with Crippen molar-refractivity contribution in [3.8, 4) is 28.5 Å². The highest BCUT2D eigenvalue weighted by atomic mass is 16.5. The van der Waals surface area contributed by atoms with E-state index in [2.05, 4.69) is 41.4 Å². The molecule has 0 radical (unpaired) electrons. The van der Waals surface area contributed by atoms with Gasteiger partial charge in [0.2, 0.25) is 0 Å². The van der Waals surface area contributed by atoms with Crippen molar-refractivity contribution in [2.24, 2.45) is 0 Å². The second-order valence-electron chi connectivity index (χ2n) is 8.06. The Bertz CT molecular complexity index is 1230. The fraction of sp³-hybridized carbons (Fsp3) is 0.192. The Morgan fingerprint density at radius 2 is 1.84 bits per heavy atom. The van der Waals surface area contributed by atoms with E-state index < -0.39 is 0 Å². The predicted molar refractivity (Wildman–Crippen MR) is 123 cm³/mol. The maximum Gasteiger partial charge on any atom is 0.128 e. The molecule has 1 aliphatic carbocycles. The van der Waals surface area contributed by atoms with Crippen LogP contribution in [0.3, 0.4) is 0 Å². The van der Waals surface area contributed by atoms with Crippen molar-refractivity contribution in [3.05, 3.63) is 89.2 Å². The molecule has 0 saturated heterocycles. The zero-order valence-corrected chi connectivity index (χ0v) is 18.1. The number of hydrogen-bond acceptors (Lipinski definition) is 4. The van der Waals surface area contributed by atoms with Gasteiger partial charge in [0.15, 0.2) is 0 Å². The summed E-state index contributed by atoms with van der Waals surface area (Å²) in [5.74, 6) is 0.871. The number of benzene rings is 2. The Balaban J connectivity index is 1.77. The minimum atomic E-state index is -0.304. The van der Waals surface area contributed by atoms with Crippen LogP contribution in [-0.2, 0) is 5.41 Å². The smallest absolute Gasteiger partial charge is 0.128 e. The molecule has 31 heavy (non-hydrogen) atoms. The lowest BCUT2D eigenvalue weighted by Gasteiger charge is -2.22. The van der Waals surface area contributed by atoms with Crippen molar-refractivity contribution >= 4 is 5.57 Å². The van der Waals surface area contributed by atoms with Crippen LogP contribution < -0.4 is 4.74 Å². The van der Waals surface area contributed by atoms with Gasteiger partial charge in [0.25, 0.3) is 0 Å². The third-order valence-corrected chi connectivity index (χ3v) is 5.82. The number of hydrogen-bond donors (Lipinski definition) is 3. The van der Waals surface area contributed by atoms with Crippen LogP contribution in [0.15, 0.2) is 66.8 Å². The van der Waals surface area contributed by atoms with E-state index >= 15 is 0 Å². The standard InChI is InChI=1S/C26H26N2O3/c1-16-13-21(23(30)15-22(16)29)25-24(17(2)27-28-25)18-7-6-11-26(3,12-10-18)19-8-5-9-20(14-19)31-4/h5-15,29-30H,1-4H3,(H,27,28). The summed E-state index contributed by atoms with van der Waals surface area (Å²) in [6.45, 7) is 5.91. The van der Waals surface area contributed by atoms with Crippen molar-refractivity contribution in [1.82, 2.24) is 10.2 Å². The van der Waals surface area contributed by atoms with Crippen molar-refractivity contribution in [3.63, 3.8) is 0 Å². The van der Waals surface area contributed by atoms with E-state index in [4.69, 9.17) is 4.74 Å². The number of aromatic amines is 1. The topological polar surface area (TPSA) is 78.4 Å². The summed E-state index contributed by atoms with van der Waals surface area (Å²) >= 11 is 0. The van der Waals surface area contributed by atoms with E-state index in [9.17, 15) is 10.2 Å². The van der Waals surface area contributed by atoms with Gasteiger partial charge in [-0.3, -0.25) is 5.10 Å². The molecule has 3 aromatic rings. The van der Waals surface area contributed by atoms with Gasteiger partial charge in [0.1, 0.15) is 22.9 Å². The van der Waals surface area contributed by atoms with Crippen molar-refractivity contribution in [1.29, 1.82) is 0 Å². The molecule has 1 unspecified atom stereocenters. The third kappa shape index (κ3) is 3.75. The van der Waals surface area contributed by atoms with Crippen molar-refractivity contribution in [2.45, 2.75) is 26.2 Å². The minimum absolute atomic E-state index is 0.00851. The molecule has 1 aromatic heterocycles. The maximum absolute atomic E-state index is 10.5. The second kappa shape index (κ2) is 7.84. The normalized spacial score (nSPS) is 18.0. The lowest BCUT2D eigenvalue weighted by atomic mass is 9.82. The summed E-state index contributed by atoms with van der Waals surface area (Å²) < 4.78 is 5.40. The average molecular weight is 415 g/mol. The number of H-pyrrole nitrogens is 1. The third-order valence-electron chi connectivity index (χ3n) is 5.82. The quantitative estimate of drug-likeness (QED) is 0.521. The Labute approximate surface area is 182 Å². The van der Waals surface area contributed by atoms with Gasteiger partial charge in [0.05, 0.1) is 7.11 Å². The molecule has 5 heteroatoms. The zero-order valence-electron chi connectivity index (χ0n) is 18.1. The number of aryl methyl sites for hydroxylation is 2. The maximum atomic E-state index is 10.5. The zero-order chi connectivity index (χ0) is 22.2. The molecule has 5 nitrogen and oxygen atoms in total. The summed E-state index contributed by atoms with van der Waals surface area (Å²) in [7, 11) is 1.67. The average Bonchev–Trinajstić information content (AvgIpc) is 3.02. The number of aromatic nitrogens is 2. The number of phenolic OH excluding ortho intramolecular Hbond substituents is 2. The SMILES string of the molecule is COc1cccc(C2(C)C=CC=C(c3c(-c4cc(C)c(O)cc4O)n[nH]c3C)C=C2)c1. The molecular weight excluding hydrogens is 388 g/mol. The van der Waals surface area contributed by atoms with E-state index in [1.165, 1.54) is 6.07 Å². The molecule has 0 aliphatic heterocycles. The van der Waals surface area contributed by atoms with Crippen molar-refractivity contribution in [2.75, 3.05) is 7.11 Å². The molecule has 1 heterocycles. The molecule has 1 atom stereocenters. The van der Waals surface area contributed by atoms with Crippen LogP contribution in [-0.4, -0.2) is 27.5 Å². The highest BCUT2D eigenvalue weighted by molar-refractivity contribution is 5.88. The van der Waals surface area contributed by atoms with E-state index in [0.29, 0.717) is 16.8 Å². The van der Waals surface area contributed by atoms with Gasteiger partial charge >= 0.3 is 0 Å². The first-order valence-electron chi connectivity index (χ1n) is 10.1. The molecule has 0 bridgehead atoms. The summed E-state index contributed by atoms with van der Waals surface area (Å²) in [5.41, 5.74) is 5.52. The number of allylic oxidation sites excluding steroid dienone is 6. The number of methoxy groups -OCH3 is 1. The molecule has 1 aliphatic rings. The molecule has 4 rings (SSSR count). The molecule has 0 fully saturated rings. The number of aromatic hydroxyl groups is 2. The van der Waals surface area contributed by atoms with Gasteiger partial charge in [-0.1, -0.05) is 42.5 Å². The molecule has 0 amide bonds. The minimum Gasteiger partial charge on any atom is -0.508 e.